The summed E-state index contributed by atoms with van der Waals surface area (Å²) in [4.78, 5) is 26.3. The summed E-state index contributed by atoms with van der Waals surface area (Å²) in [6.07, 6.45) is 1.63. The molecule has 0 bridgehead atoms. The second kappa shape index (κ2) is 8.12. The summed E-state index contributed by atoms with van der Waals surface area (Å²) < 4.78 is 5.22. The van der Waals surface area contributed by atoms with Gasteiger partial charge in [-0.05, 0) is 35.0 Å². The number of carbonyl (C=O) groups excluding carboxylic acids is 2. The van der Waals surface area contributed by atoms with E-state index in [9.17, 15) is 9.59 Å². The van der Waals surface area contributed by atoms with Crippen LogP contribution in [0.1, 0.15) is 10.4 Å². The number of nitrogens with zero attached hydrogens (tertiary/aromatic N) is 1. The topological polar surface area (TPSA) is 46.6 Å². The third kappa shape index (κ3) is 3.98. The smallest absolute Gasteiger partial charge is 0.338 e. The first kappa shape index (κ1) is 17.4. The highest BCUT2D eigenvalue weighted by Crippen LogP contribution is 2.17. The van der Waals surface area contributed by atoms with E-state index in [1.54, 1.807) is 18.2 Å². The van der Waals surface area contributed by atoms with Gasteiger partial charge in [0, 0.05) is 12.2 Å². The molecule has 3 aromatic carbocycles. The molecule has 0 saturated carbocycles. The van der Waals surface area contributed by atoms with E-state index in [4.69, 9.17) is 4.74 Å². The fourth-order valence-corrected chi connectivity index (χ4v) is 2.69. The molecule has 130 valence electrons. The van der Waals surface area contributed by atoms with Crippen molar-refractivity contribution in [2.24, 2.45) is 0 Å². The van der Waals surface area contributed by atoms with E-state index in [1.165, 1.54) is 4.90 Å². The van der Waals surface area contributed by atoms with Crippen LogP contribution in [0.15, 0.2) is 85.5 Å². The number of para-hydroxylation sites is 1. The van der Waals surface area contributed by atoms with Crippen molar-refractivity contribution >= 4 is 28.3 Å². The van der Waals surface area contributed by atoms with Crippen LogP contribution in [-0.2, 0) is 9.53 Å². The van der Waals surface area contributed by atoms with Crippen LogP contribution in [0.4, 0.5) is 5.69 Å². The van der Waals surface area contributed by atoms with Gasteiger partial charge < -0.3 is 9.64 Å². The molecule has 1 amide bonds. The van der Waals surface area contributed by atoms with Crippen LogP contribution in [0.3, 0.4) is 0 Å². The molecule has 0 unspecified atom stereocenters. The first-order valence-corrected chi connectivity index (χ1v) is 8.31. The number of hydrogen-bond acceptors (Lipinski definition) is 3. The second-order valence-electron chi connectivity index (χ2n) is 5.77. The van der Waals surface area contributed by atoms with E-state index < -0.39 is 5.97 Å². The Hall–Kier alpha value is -3.40. The minimum Gasteiger partial charge on any atom is -0.452 e. The van der Waals surface area contributed by atoms with Gasteiger partial charge in [-0.1, -0.05) is 54.6 Å². The van der Waals surface area contributed by atoms with Crippen molar-refractivity contribution in [1.29, 1.82) is 0 Å². The maximum atomic E-state index is 12.5. The van der Waals surface area contributed by atoms with Gasteiger partial charge in [0.05, 0.1) is 5.56 Å². The first-order chi connectivity index (χ1) is 12.7. The van der Waals surface area contributed by atoms with Crippen molar-refractivity contribution in [3.63, 3.8) is 0 Å². The largest absolute Gasteiger partial charge is 0.452 e. The van der Waals surface area contributed by atoms with Gasteiger partial charge in [-0.25, -0.2) is 4.79 Å². The van der Waals surface area contributed by atoms with Gasteiger partial charge in [-0.2, -0.15) is 0 Å². The third-order valence-electron chi connectivity index (χ3n) is 3.99. The van der Waals surface area contributed by atoms with E-state index in [1.807, 2.05) is 60.7 Å². The number of carbonyl (C=O) groups is 2. The van der Waals surface area contributed by atoms with Gasteiger partial charge in [0.2, 0.25) is 0 Å². The molecular weight excluding hydrogens is 326 g/mol. The molecule has 0 N–H and O–H groups in total. The SMILES string of the molecule is C=CCN(C(=O)COC(=O)c1ccc2ccccc2c1)c1ccccc1. The number of ether oxygens (including phenoxy) is 1. The minimum absolute atomic E-state index is 0.301. The van der Waals surface area contributed by atoms with Crippen LogP contribution in [0, 0.1) is 0 Å². The molecule has 0 aliphatic rings. The van der Waals surface area contributed by atoms with Gasteiger partial charge in [0.25, 0.3) is 5.91 Å². The van der Waals surface area contributed by atoms with Gasteiger partial charge in [-0.15, -0.1) is 6.58 Å². The van der Waals surface area contributed by atoms with Gasteiger partial charge in [-0.3, -0.25) is 4.79 Å². The maximum Gasteiger partial charge on any atom is 0.338 e. The van der Waals surface area contributed by atoms with Gasteiger partial charge >= 0.3 is 5.97 Å². The average molecular weight is 345 g/mol. The highest BCUT2D eigenvalue weighted by atomic mass is 16.5. The normalized spacial score (nSPS) is 10.3. The summed E-state index contributed by atoms with van der Waals surface area (Å²) in [6.45, 7) is 3.70. The molecule has 4 nitrogen and oxygen atoms in total. The van der Waals surface area contributed by atoms with Crippen LogP contribution in [0.25, 0.3) is 10.8 Å². The van der Waals surface area contributed by atoms with Crippen molar-refractivity contribution in [1.82, 2.24) is 0 Å². The number of anilines is 1. The molecule has 0 radical (unpaired) electrons. The maximum absolute atomic E-state index is 12.5. The number of benzene rings is 3. The summed E-state index contributed by atoms with van der Waals surface area (Å²) in [5, 5.41) is 1.99. The molecule has 4 heteroatoms. The van der Waals surface area contributed by atoms with Crippen molar-refractivity contribution < 1.29 is 14.3 Å². The first-order valence-electron chi connectivity index (χ1n) is 8.31. The standard InChI is InChI=1S/C22H19NO3/c1-2-14-23(20-10-4-3-5-11-20)21(24)16-26-22(25)19-13-12-17-8-6-7-9-18(17)15-19/h2-13,15H,1,14,16H2. The molecule has 0 heterocycles. The van der Waals surface area contributed by atoms with Crippen molar-refractivity contribution in [3.05, 3.63) is 91.0 Å². The summed E-state index contributed by atoms with van der Waals surface area (Å²) >= 11 is 0. The molecule has 0 aliphatic carbocycles. The van der Waals surface area contributed by atoms with Crippen LogP contribution < -0.4 is 4.90 Å². The zero-order chi connectivity index (χ0) is 18.4. The van der Waals surface area contributed by atoms with E-state index >= 15 is 0 Å². The lowest BCUT2D eigenvalue weighted by molar-refractivity contribution is -0.121. The highest BCUT2D eigenvalue weighted by Gasteiger charge is 2.17. The van der Waals surface area contributed by atoms with E-state index in [-0.39, 0.29) is 12.5 Å². The van der Waals surface area contributed by atoms with Crippen LogP contribution in [-0.4, -0.2) is 25.0 Å². The van der Waals surface area contributed by atoms with E-state index in [2.05, 4.69) is 6.58 Å². The molecular formula is C22H19NO3. The van der Waals surface area contributed by atoms with Crippen LogP contribution >= 0.6 is 0 Å². The Morgan fingerprint density at radius 2 is 1.62 bits per heavy atom. The predicted molar refractivity (Wildman–Crippen MR) is 103 cm³/mol. The zero-order valence-corrected chi connectivity index (χ0v) is 14.3. The lowest BCUT2D eigenvalue weighted by Crippen LogP contribution is -2.34. The Balaban J connectivity index is 1.68. The molecule has 3 rings (SSSR count). The highest BCUT2D eigenvalue weighted by molar-refractivity contribution is 5.99. The number of amides is 1. The number of fused-ring (bicyclic) bond motifs is 1. The Bertz CT molecular complexity index is 934. The number of rotatable bonds is 6. The minimum atomic E-state index is -0.518. The van der Waals surface area contributed by atoms with Crippen molar-refractivity contribution in [2.45, 2.75) is 0 Å². The summed E-state index contributed by atoms with van der Waals surface area (Å²) in [5.74, 6) is -0.819. The lowest BCUT2D eigenvalue weighted by atomic mass is 10.1. The Labute approximate surface area is 152 Å². The summed E-state index contributed by atoms with van der Waals surface area (Å²) in [5.41, 5.74) is 1.16. The van der Waals surface area contributed by atoms with E-state index in [0.29, 0.717) is 12.1 Å². The average Bonchev–Trinajstić information content (AvgIpc) is 2.70. The molecule has 0 atom stereocenters. The van der Waals surface area contributed by atoms with Crippen molar-refractivity contribution in [3.8, 4) is 0 Å². The predicted octanol–water partition coefficient (Wildman–Crippen LogP) is 4.22. The quantitative estimate of drug-likeness (QED) is 0.496. The zero-order valence-electron chi connectivity index (χ0n) is 14.3. The van der Waals surface area contributed by atoms with E-state index in [0.717, 1.165) is 16.5 Å². The number of esters is 1. The Kier molecular flexibility index (Phi) is 5.44. The summed E-state index contributed by atoms with van der Waals surface area (Å²) in [6, 6.07) is 22.3. The van der Waals surface area contributed by atoms with Crippen LogP contribution in [0.5, 0.6) is 0 Å². The van der Waals surface area contributed by atoms with Crippen LogP contribution in [0.2, 0.25) is 0 Å². The Morgan fingerprint density at radius 3 is 2.35 bits per heavy atom. The lowest BCUT2D eigenvalue weighted by Gasteiger charge is -2.21. The number of hydrogen-bond donors (Lipinski definition) is 0. The molecule has 0 spiro atoms. The van der Waals surface area contributed by atoms with Gasteiger partial charge in [0.15, 0.2) is 6.61 Å². The second-order valence-corrected chi connectivity index (χ2v) is 5.77. The third-order valence-corrected chi connectivity index (χ3v) is 3.99. The fraction of sp³-hybridized carbons (Fsp3) is 0.0909. The monoisotopic (exact) mass is 345 g/mol. The molecule has 0 aliphatic heterocycles. The molecule has 26 heavy (non-hydrogen) atoms. The molecule has 0 aromatic heterocycles. The fourth-order valence-electron chi connectivity index (χ4n) is 2.69. The summed E-state index contributed by atoms with van der Waals surface area (Å²) in [7, 11) is 0. The Morgan fingerprint density at radius 1 is 0.923 bits per heavy atom. The van der Waals surface area contributed by atoms with Gasteiger partial charge in [0.1, 0.15) is 0 Å². The molecule has 0 saturated heterocycles. The molecule has 0 fully saturated rings. The van der Waals surface area contributed by atoms with Crippen molar-refractivity contribution in [2.75, 3.05) is 18.1 Å². The molecule has 3 aromatic rings.